The van der Waals surface area contributed by atoms with Crippen LogP contribution in [-0.2, 0) is 4.79 Å². The summed E-state index contributed by atoms with van der Waals surface area (Å²) in [4.78, 5) is 24.2. The molecule has 1 aliphatic heterocycles. The number of amides is 2. The van der Waals surface area contributed by atoms with E-state index in [4.69, 9.17) is 5.11 Å². The van der Waals surface area contributed by atoms with Crippen molar-refractivity contribution in [3.8, 4) is 0 Å². The van der Waals surface area contributed by atoms with E-state index in [1.54, 1.807) is 4.90 Å². The first kappa shape index (κ1) is 13.9. The number of rotatable bonds is 4. The molecule has 2 rings (SSSR count). The summed E-state index contributed by atoms with van der Waals surface area (Å²) in [6.45, 7) is 2.44. The third-order valence-electron chi connectivity index (χ3n) is 3.18. The maximum atomic E-state index is 11.9. The number of nitrogens with one attached hydrogen (secondary N) is 1. The van der Waals surface area contributed by atoms with E-state index in [1.165, 1.54) is 0 Å². The van der Waals surface area contributed by atoms with E-state index >= 15 is 0 Å². The SMILES string of the molecule is Cc1cc(N2C(=O)NCC2CCC(=O)O)ccc1Br. The number of aryl methyl sites for hydroxylation is 1. The lowest BCUT2D eigenvalue weighted by Gasteiger charge is -2.23. The second-order valence-electron chi connectivity index (χ2n) is 4.58. The topological polar surface area (TPSA) is 69.6 Å². The quantitative estimate of drug-likeness (QED) is 0.893. The average Bonchev–Trinajstić information content (AvgIpc) is 2.71. The van der Waals surface area contributed by atoms with Crippen LogP contribution in [0, 0.1) is 6.92 Å². The molecule has 6 heteroatoms. The molecule has 0 radical (unpaired) electrons. The first-order valence-electron chi connectivity index (χ1n) is 6.04. The van der Waals surface area contributed by atoms with Crippen molar-refractivity contribution in [1.82, 2.24) is 5.32 Å². The van der Waals surface area contributed by atoms with Gasteiger partial charge in [0.25, 0.3) is 0 Å². The fraction of sp³-hybridized carbons (Fsp3) is 0.385. The normalized spacial score (nSPS) is 18.5. The van der Waals surface area contributed by atoms with Crippen LogP contribution in [0.5, 0.6) is 0 Å². The van der Waals surface area contributed by atoms with Crippen LogP contribution < -0.4 is 10.2 Å². The first-order chi connectivity index (χ1) is 8.99. The fourth-order valence-corrected chi connectivity index (χ4v) is 2.42. The van der Waals surface area contributed by atoms with Gasteiger partial charge >= 0.3 is 12.0 Å². The predicted octanol–water partition coefficient (Wildman–Crippen LogP) is 2.52. The number of urea groups is 1. The predicted molar refractivity (Wildman–Crippen MR) is 75.4 cm³/mol. The molecule has 2 amide bonds. The summed E-state index contributed by atoms with van der Waals surface area (Å²) in [5, 5.41) is 11.5. The van der Waals surface area contributed by atoms with Crippen LogP contribution in [0.2, 0.25) is 0 Å². The summed E-state index contributed by atoms with van der Waals surface area (Å²) in [5.41, 5.74) is 1.83. The fourth-order valence-electron chi connectivity index (χ4n) is 2.18. The van der Waals surface area contributed by atoms with Crippen LogP contribution >= 0.6 is 15.9 Å². The summed E-state index contributed by atoms with van der Waals surface area (Å²) >= 11 is 3.42. The molecule has 1 atom stereocenters. The molecule has 5 nitrogen and oxygen atoms in total. The summed E-state index contributed by atoms with van der Waals surface area (Å²) < 4.78 is 0.984. The molecule has 0 saturated carbocycles. The molecule has 2 N–H and O–H groups in total. The summed E-state index contributed by atoms with van der Waals surface area (Å²) in [6, 6.07) is 5.39. The number of carboxylic acid groups (broad SMARTS) is 1. The van der Waals surface area contributed by atoms with Gasteiger partial charge in [-0.3, -0.25) is 9.69 Å². The number of hydrogen-bond acceptors (Lipinski definition) is 2. The monoisotopic (exact) mass is 326 g/mol. The van der Waals surface area contributed by atoms with Crippen molar-refractivity contribution in [2.45, 2.75) is 25.8 Å². The molecule has 0 bridgehead atoms. The summed E-state index contributed by atoms with van der Waals surface area (Å²) in [5.74, 6) is -0.841. The van der Waals surface area contributed by atoms with Gasteiger partial charge in [-0.2, -0.15) is 0 Å². The van der Waals surface area contributed by atoms with Gasteiger partial charge in [-0.1, -0.05) is 15.9 Å². The number of carbonyl (C=O) groups excluding carboxylic acids is 1. The minimum Gasteiger partial charge on any atom is -0.481 e. The van der Waals surface area contributed by atoms with E-state index in [-0.39, 0.29) is 18.5 Å². The number of nitrogens with zero attached hydrogens (tertiary/aromatic N) is 1. The van der Waals surface area contributed by atoms with Crippen LogP contribution in [0.15, 0.2) is 22.7 Å². The zero-order valence-corrected chi connectivity index (χ0v) is 12.1. The molecule has 1 fully saturated rings. The molecule has 1 heterocycles. The Morgan fingerprint density at radius 1 is 1.58 bits per heavy atom. The molecule has 1 aromatic carbocycles. The van der Waals surface area contributed by atoms with Crippen molar-refractivity contribution in [1.29, 1.82) is 0 Å². The van der Waals surface area contributed by atoms with Gasteiger partial charge in [0.2, 0.25) is 0 Å². The van der Waals surface area contributed by atoms with Gasteiger partial charge in [0.05, 0.1) is 6.04 Å². The van der Waals surface area contributed by atoms with Gasteiger partial charge in [-0.15, -0.1) is 0 Å². The van der Waals surface area contributed by atoms with Crippen molar-refractivity contribution in [3.63, 3.8) is 0 Å². The second kappa shape index (κ2) is 5.61. The standard InChI is InChI=1S/C13H15BrN2O3/c1-8-6-9(2-4-11(8)14)16-10(3-5-12(17)18)7-15-13(16)19/h2,4,6,10H,3,5,7H2,1H3,(H,15,19)(H,17,18). The Kier molecular flexibility index (Phi) is 4.09. The molecule has 1 saturated heterocycles. The van der Waals surface area contributed by atoms with Crippen molar-refractivity contribution < 1.29 is 14.7 Å². The minimum absolute atomic E-state index is 0.0611. The van der Waals surface area contributed by atoms with Crippen molar-refractivity contribution in [2.24, 2.45) is 0 Å². The van der Waals surface area contributed by atoms with Gasteiger partial charge in [0.1, 0.15) is 0 Å². The van der Waals surface area contributed by atoms with Crippen molar-refractivity contribution >= 4 is 33.6 Å². The first-order valence-corrected chi connectivity index (χ1v) is 6.83. The van der Waals surface area contributed by atoms with Crippen LogP contribution in [0.4, 0.5) is 10.5 Å². The minimum atomic E-state index is -0.841. The molecular weight excluding hydrogens is 312 g/mol. The third-order valence-corrected chi connectivity index (χ3v) is 4.07. The van der Waals surface area contributed by atoms with Crippen LogP contribution in [0.1, 0.15) is 18.4 Å². The highest BCUT2D eigenvalue weighted by Crippen LogP contribution is 2.27. The number of aliphatic carboxylic acids is 1. The second-order valence-corrected chi connectivity index (χ2v) is 5.43. The highest BCUT2D eigenvalue weighted by Gasteiger charge is 2.32. The van der Waals surface area contributed by atoms with Gasteiger partial charge in [-0.05, 0) is 37.1 Å². The Bertz CT molecular complexity index is 519. The zero-order chi connectivity index (χ0) is 14.0. The number of benzene rings is 1. The Morgan fingerprint density at radius 2 is 2.32 bits per heavy atom. The van der Waals surface area contributed by atoms with E-state index in [2.05, 4.69) is 21.2 Å². The molecule has 19 heavy (non-hydrogen) atoms. The van der Waals surface area contributed by atoms with E-state index in [1.807, 2.05) is 25.1 Å². The summed E-state index contributed by atoms with van der Waals surface area (Å²) in [7, 11) is 0. The zero-order valence-electron chi connectivity index (χ0n) is 10.5. The number of carboxylic acids is 1. The molecule has 102 valence electrons. The highest BCUT2D eigenvalue weighted by atomic mass is 79.9. The molecule has 1 aromatic rings. The van der Waals surface area contributed by atoms with Crippen LogP contribution in [0.3, 0.4) is 0 Å². The lowest BCUT2D eigenvalue weighted by atomic mass is 10.1. The van der Waals surface area contributed by atoms with Gasteiger partial charge < -0.3 is 10.4 Å². The maximum Gasteiger partial charge on any atom is 0.322 e. The lowest BCUT2D eigenvalue weighted by molar-refractivity contribution is -0.137. The van der Waals surface area contributed by atoms with Gasteiger partial charge in [0, 0.05) is 23.1 Å². The largest absolute Gasteiger partial charge is 0.481 e. The van der Waals surface area contributed by atoms with Crippen LogP contribution in [-0.4, -0.2) is 29.7 Å². The third kappa shape index (κ3) is 3.07. The van der Waals surface area contributed by atoms with Crippen LogP contribution in [0.25, 0.3) is 0 Å². The molecule has 0 aromatic heterocycles. The van der Waals surface area contributed by atoms with E-state index < -0.39 is 5.97 Å². The number of carbonyl (C=O) groups is 2. The Hall–Kier alpha value is -1.56. The molecule has 0 aliphatic carbocycles. The number of anilines is 1. The van der Waals surface area contributed by atoms with E-state index in [9.17, 15) is 9.59 Å². The molecule has 0 spiro atoms. The van der Waals surface area contributed by atoms with Gasteiger partial charge in [0.15, 0.2) is 0 Å². The molecule has 1 aliphatic rings. The molecule has 1 unspecified atom stereocenters. The van der Waals surface area contributed by atoms with E-state index in [0.717, 1.165) is 15.7 Å². The Morgan fingerprint density at radius 3 is 2.95 bits per heavy atom. The molecular formula is C13H15BrN2O3. The van der Waals surface area contributed by atoms with E-state index in [0.29, 0.717) is 13.0 Å². The van der Waals surface area contributed by atoms with Crippen molar-refractivity contribution in [3.05, 3.63) is 28.2 Å². The lowest BCUT2D eigenvalue weighted by Crippen LogP contribution is -2.34. The number of hydrogen-bond donors (Lipinski definition) is 2. The number of halogens is 1. The van der Waals surface area contributed by atoms with Crippen molar-refractivity contribution in [2.75, 3.05) is 11.4 Å². The maximum absolute atomic E-state index is 11.9. The Labute approximate surface area is 119 Å². The average molecular weight is 327 g/mol. The summed E-state index contributed by atoms with van der Waals surface area (Å²) in [6.07, 6.45) is 0.509. The highest BCUT2D eigenvalue weighted by molar-refractivity contribution is 9.10. The smallest absolute Gasteiger partial charge is 0.322 e. The van der Waals surface area contributed by atoms with Gasteiger partial charge in [-0.25, -0.2) is 4.79 Å². The Balaban J connectivity index is 2.20.